The van der Waals surface area contributed by atoms with E-state index in [-0.39, 0.29) is 19.1 Å². The quantitative estimate of drug-likeness (QED) is 0.685. The maximum atomic E-state index is 11.7. The lowest BCUT2D eigenvalue weighted by Gasteiger charge is -2.27. The van der Waals surface area contributed by atoms with Crippen LogP contribution in [-0.4, -0.2) is 50.0 Å². The fourth-order valence-electron chi connectivity index (χ4n) is 1.87. The van der Waals surface area contributed by atoms with E-state index in [1.807, 2.05) is 24.3 Å². The molecule has 1 fully saturated rings. The Morgan fingerprint density at radius 2 is 2.16 bits per heavy atom. The molecule has 1 aromatic rings. The van der Waals surface area contributed by atoms with E-state index >= 15 is 0 Å². The Morgan fingerprint density at radius 1 is 1.42 bits per heavy atom. The lowest BCUT2D eigenvalue weighted by molar-refractivity contribution is -0.125. The number of hydrogen-bond donors (Lipinski definition) is 3. The van der Waals surface area contributed by atoms with Gasteiger partial charge < -0.3 is 25.8 Å². The van der Waals surface area contributed by atoms with Crippen LogP contribution in [0.3, 0.4) is 0 Å². The fraction of sp³-hybridized carbons (Fsp3) is 0.462. The number of nitrogens with one attached hydrogen (secondary N) is 1. The molecule has 1 aromatic carbocycles. The lowest BCUT2D eigenvalue weighted by atomic mass is 10.2. The molecular weight excluding hydrogens is 246 g/mol. The van der Waals surface area contributed by atoms with Gasteiger partial charge in [-0.05, 0) is 24.3 Å². The molecule has 0 aromatic heterocycles. The molecule has 6 nitrogen and oxygen atoms in total. The van der Waals surface area contributed by atoms with Crippen LogP contribution in [0.15, 0.2) is 24.3 Å². The summed E-state index contributed by atoms with van der Waals surface area (Å²) in [6, 6.07) is 7.50. The highest BCUT2D eigenvalue weighted by molar-refractivity contribution is 5.94. The van der Waals surface area contributed by atoms with E-state index in [2.05, 4.69) is 5.32 Å². The number of carbonyl (C=O) groups is 1. The first-order chi connectivity index (χ1) is 9.20. The van der Waals surface area contributed by atoms with Crippen LogP contribution in [0.5, 0.6) is 0 Å². The predicted octanol–water partition coefficient (Wildman–Crippen LogP) is -0.219. The average Bonchev–Trinajstić information content (AvgIpc) is 2.46. The minimum atomic E-state index is -0.555. The molecule has 1 heterocycles. The molecule has 104 valence electrons. The summed E-state index contributed by atoms with van der Waals surface area (Å²) in [5.74, 6) is -0.0227. The summed E-state index contributed by atoms with van der Waals surface area (Å²) in [5.41, 5.74) is 7.07. The molecule has 1 amide bonds. The Bertz CT molecular complexity index is 422. The highest BCUT2D eigenvalue weighted by Crippen LogP contribution is 2.19. The number of aliphatic hydroxyl groups excluding tert-OH is 1. The maximum absolute atomic E-state index is 11.7. The summed E-state index contributed by atoms with van der Waals surface area (Å²) in [6.45, 7) is 1.92. The second-order valence-electron chi connectivity index (χ2n) is 4.42. The van der Waals surface area contributed by atoms with Crippen molar-refractivity contribution in [3.05, 3.63) is 24.3 Å². The summed E-state index contributed by atoms with van der Waals surface area (Å²) < 4.78 is 5.09. The fourth-order valence-corrected chi connectivity index (χ4v) is 1.87. The molecule has 0 spiro atoms. The zero-order chi connectivity index (χ0) is 13.7. The normalized spacial score (nSPS) is 17.4. The Kier molecular flexibility index (Phi) is 4.73. The molecule has 1 atom stereocenters. The van der Waals surface area contributed by atoms with Crippen molar-refractivity contribution in [3.8, 4) is 0 Å². The molecular formula is C13H19N3O3. The van der Waals surface area contributed by atoms with Crippen LogP contribution in [0, 0.1) is 0 Å². The second kappa shape index (κ2) is 6.51. The van der Waals surface area contributed by atoms with Gasteiger partial charge in [0.2, 0.25) is 0 Å². The smallest absolute Gasteiger partial charge is 0.253 e. The largest absolute Gasteiger partial charge is 0.390 e. The van der Waals surface area contributed by atoms with E-state index in [0.717, 1.165) is 11.4 Å². The molecule has 1 aliphatic rings. The van der Waals surface area contributed by atoms with Crippen LogP contribution in [0.25, 0.3) is 0 Å². The number of nitrogens with zero attached hydrogens (tertiary/aromatic N) is 1. The van der Waals surface area contributed by atoms with Crippen LogP contribution in [-0.2, 0) is 9.53 Å². The first-order valence-corrected chi connectivity index (χ1v) is 6.31. The first-order valence-electron chi connectivity index (χ1n) is 6.31. The molecule has 6 heteroatoms. The number of morpholine rings is 1. The molecule has 0 aliphatic carbocycles. The summed E-state index contributed by atoms with van der Waals surface area (Å²) in [4.78, 5) is 13.4. The molecule has 0 saturated carbocycles. The van der Waals surface area contributed by atoms with Crippen LogP contribution in [0.4, 0.5) is 11.4 Å². The van der Waals surface area contributed by atoms with Gasteiger partial charge in [0, 0.05) is 31.0 Å². The van der Waals surface area contributed by atoms with Crippen molar-refractivity contribution in [1.29, 1.82) is 0 Å². The Hall–Kier alpha value is -1.63. The van der Waals surface area contributed by atoms with Crippen LogP contribution >= 0.6 is 0 Å². The van der Waals surface area contributed by atoms with Gasteiger partial charge in [0.05, 0.1) is 12.7 Å². The molecule has 4 N–H and O–H groups in total. The number of aliphatic hydroxyl groups is 1. The van der Waals surface area contributed by atoms with E-state index in [0.29, 0.717) is 19.7 Å². The van der Waals surface area contributed by atoms with Gasteiger partial charge in [-0.15, -0.1) is 0 Å². The summed E-state index contributed by atoms with van der Waals surface area (Å²) in [5, 5.41) is 12.4. The van der Waals surface area contributed by atoms with Crippen molar-refractivity contribution in [2.75, 3.05) is 43.1 Å². The minimum Gasteiger partial charge on any atom is -0.390 e. The van der Waals surface area contributed by atoms with Gasteiger partial charge in [-0.2, -0.15) is 0 Å². The van der Waals surface area contributed by atoms with Crippen LogP contribution in [0.2, 0.25) is 0 Å². The molecule has 0 unspecified atom stereocenters. The topological polar surface area (TPSA) is 87.8 Å². The molecule has 1 aliphatic heterocycles. The average molecular weight is 265 g/mol. The third-order valence-electron chi connectivity index (χ3n) is 2.98. The Morgan fingerprint density at radius 3 is 2.79 bits per heavy atom. The minimum absolute atomic E-state index is 0.0227. The number of rotatable bonds is 5. The number of nitrogens with two attached hydrogens (primary N) is 1. The van der Waals surface area contributed by atoms with Gasteiger partial charge in [-0.25, -0.2) is 0 Å². The third kappa shape index (κ3) is 3.66. The predicted molar refractivity (Wildman–Crippen MR) is 73.2 cm³/mol. The number of hydrogen-bond acceptors (Lipinski definition) is 5. The van der Waals surface area contributed by atoms with Gasteiger partial charge in [0.15, 0.2) is 0 Å². The van der Waals surface area contributed by atoms with E-state index in [1.165, 1.54) is 0 Å². The van der Waals surface area contributed by atoms with Gasteiger partial charge in [0.1, 0.15) is 6.61 Å². The van der Waals surface area contributed by atoms with E-state index in [4.69, 9.17) is 10.5 Å². The number of anilines is 2. The van der Waals surface area contributed by atoms with E-state index in [1.54, 1.807) is 4.90 Å². The van der Waals surface area contributed by atoms with Crippen molar-refractivity contribution in [2.24, 2.45) is 5.73 Å². The van der Waals surface area contributed by atoms with Crippen molar-refractivity contribution < 1.29 is 14.6 Å². The number of carbonyl (C=O) groups excluding carboxylic acids is 1. The zero-order valence-corrected chi connectivity index (χ0v) is 10.7. The van der Waals surface area contributed by atoms with Crippen LogP contribution < -0.4 is 16.0 Å². The van der Waals surface area contributed by atoms with E-state index in [9.17, 15) is 9.90 Å². The van der Waals surface area contributed by atoms with Crippen molar-refractivity contribution in [2.45, 2.75) is 6.10 Å². The van der Waals surface area contributed by atoms with Gasteiger partial charge in [0.25, 0.3) is 5.91 Å². The molecule has 2 rings (SSSR count). The van der Waals surface area contributed by atoms with E-state index < -0.39 is 6.10 Å². The van der Waals surface area contributed by atoms with Crippen molar-refractivity contribution in [3.63, 3.8) is 0 Å². The standard InChI is InChI=1S/C13H19N3O3/c14-7-12(17)8-15-10-1-3-11(4-2-10)16-5-6-19-9-13(16)18/h1-4,12,15,17H,5-9,14H2/t12-/m0/s1. The summed E-state index contributed by atoms with van der Waals surface area (Å²) in [7, 11) is 0. The maximum Gasteiger partial charge on any atom is 0.253 e. The summed E-state index contributed by atoms with van der Waals surface area (Å²) >= 11 is 0. The van der Waals surface area contributed by atoms with Gasteiger partial charge in [-0.3, -0.25) is 4.79 Å². The third-order valence-corrected chi connectivity index (χ3v) is 2.98. The Balaban J connectivity index is 1.95. The lowest BCUT2D eigenvalue weighted by Crippen LogP contribution is -2.41. The number of ether oxygens (including phenoxy) is 1. The van der Waals surface area contributed by atoms with Crippen molar-refractivity contribution in [1.82, 2.24) is 0 Å². The molecule has 0 bridgehead atoms. The highest BCUT2D eigenvalue weighted by Gasteiger charge is 2.19. The zero-order valence-electron chi connectivity index (χ0n) is 10.7. The van der Waals surface area contributed by atoms with Crippen LogP contribution in [0.1, 0.15) is 0 Å². The first kappa shape index (κ1) is 13.8. The van der Waals surface area contributed by atoms with Crippen molar-refractivity contribution >= 4 is 17.3 Å². The molecule has 0 radical (unpaired) electrons. The highest BCUT2D eigenvalue weighted by atomic mass is 16.5. The monoisotopic (exact) mass is 265 g/mol. The number of amides is 1. The SMILES string of the molecule is NC[C@H](O)CNc1ccc(N2CCOCC2=O)cc1. The second-order valence-corrected chi connectivity index (χ2v) is 4.42. The Labute approximate surface area is 112 Å². The van der Waals surface area contributed by atoms with Gasteiger partial charge in [-0.1, -0.05) is 0 Å². The number of benzene rings is 1. The van der Waals surface area contributed by atoms with Gasteiger partial charge >= 0.3 is 0 Å². The molecule has 19 heavy (non-hydrogen) atoms. The molecule has 1 saturated heterocycles. The summed E-state index contributed by atoms with van der Waals surface area (Å²) in [6.07, 6.45) is -0.555.